The molecule has 0 saturated heterocycles. The second kappa shape index (κ2) is 4.45. The molecule has 1 N–H and O–H groups in total. The number of nitrogens with zero attached hydrogens (tertiary/aromatic N) is 2. The van der Waals surface area contributed by atoms with Gasteiger partial charge < -0.3 is 9.30 Å². The minimum atomic E-state index is -0.479. The molecule has 0 radical (unpaired) electrons. The highest BCUT2D eigenvalue weighted by atomic mass is 16.5. The van der Waals surface area contributed by atoms with E-state index in [1.54, 1.807) is 6.33 Å². The predicted molar refractivity (Wildman–Crippen MR) is 66.1 cm³/mol. The van der Waals surface area contributed by atoms with E-state index in [2.05, 4.69) is 33.5 Å². The second-order valence-electron chi connectivity index (χ2n) is 4.07. The highest BCUT2D eigenvalue weighted by Gasteiger charge is 2.07. The minimum Gasteiger partial charge on any atom is -0.453 e. The summed E-state index contributed by atoms with van der Waals surface area (Å²) in [7, 11) is 1.33. The molecule has 0 aliphatic heterocycles. The summed E-state index contributed by atoms with van der Waals surface area (Å²) < 4.78 is 6.61. The maximum Gasteiger partial charge on any atom is 0.411 e. The molecule has 17 heavy (non-hydrogen) atoms. The van der Waals surface area contributed by atoms with Crippen molar-refractivity contribution in [3.8, 4) is 0 Å². The first-order valence-corrected chi connectivity index (χ1v) is 5.43. The molecule has 0 atom stereocenters. The van der Waals surface area contributed by atoms with Gasteiger partial charge in [0, 0.05) is 11.7 Å². The van der Waals surface area contributed by atoms with Gasteiger partial charge in [0.2, 0.25) is 0 Å². The Bertz CT molecular complexity index is 546. The van der Waals surface area contributed by atoms with Crippen molar-refractivity contribution in [1.29, 1.82) is 0 Å². The fourth-order valence-corrected chi connectivity index (χ4v) is 1.69. The van der Waals surface area contributed by atoms with Gasteiger partial charge in [0.05, 0.1) is 24.5 Å². The standard InChI is InChI=1S/C12H15N3O2/c1-8(2)15-7-13-10-6-9(4-5-11(10)15)14-12(16)17-3/h4-8H,1-3H3,(H,14,16). The van der Waals surface area contributed by atoms with Crippen molar-refractivity contribution >= 4 is 22.8 Å². The van der Waals surface area contributed by atoms with Crippen LogP contribution in [0.2, 0.25) is 0 Å². The van der Waals surface area contributed by atoms with Gasteiger partial charge in [-0.1, -0.05) is 0 Å². The van der Waals surface area contributed by atoms with E-state index in [0.29, 0.717) is 11.7 Å². The molecule has 0 aliphatic carbocycles. The average molecular weight is 233 g/mol. The molecule has 0 fully saturated rings. The van der Waals surface area contributed by atoms with Gasteiger partial charge >= 0.3 is 6.09 Å². The van der Waals surface area contributed by atoms with E-state index in [1.807, 2.05) is 18.2 Å². The molecule has 5 heteroatoms. The molecule has 90 valence electrons. The Morgan fingerprint density at radius 2 is 2.24 bits per heavy atom. The van der Waals surface area contributed by atoms with Gasteiger partial charge in [-0.05, 0) is 32.0 Å². The van der Waals surface area contributed by atoms with E-state index in [4.69, 9.17) is 0 Å². The molecule has 1 heterocycles. The van der Waals surface area contributed by atoms with Crippen LogP contribution in [0.1, 0.15) is 19.9 Å². The number of aromatic nitrogens is 2. The van der Waals surface area contributed by atoms with E-state index in [9.17, 15) is 4.79 Å². The predicted octanol–water partition coefficient (Wildman–Crippen LogP) is 2.80. The van der Waals surface area contributed by atoms with E-state index in [0.717, 1.165) is 11.0 Å². The van der Waals surface area contributed by atoms with Crippen molar-refractivity contribution in [2.45, 2.75) is 19.9 Å². The van der Waals surface area contributed by atoms with Crippen LogP contribution in [0.25, 0.3) is 11.0 Å². The molecule has 2 rings (SSSR count). The van der Waals surface area contributed by atoms with Crippen LogP contribution in [0.4, 0.5) is 10.5 Å². The zero-order chi connectivity index (χ0) is 12.4. The summed E-state index contributed by atoms with van der Waals surface area (Å²) in [6.45, 7) is 4.20. The zero-order valence-electron chi connectivity index (χ0n) is 10.1. The zero-order valence-corrected chi connectivity index (χ0v) is 10.1. The molecule has 0 saturated carbocycles. The van der Waals surface area contributed by atoms with Crippen LogP contribution in [0, 0.1) is 0 Å². The Balaban J connectivity index is 2.36. The molecular formula is C12H15N3O2. The Morgan fingerprint density at radius 3 is 2.88 bits per heavy atom. The Hall–Kier alpha value is -2.04. The third kappa shape index (κ3) is 2.22. The summed E-state index contributed by atoms with van der Waals surface area (Å²) in [4.78, 5) is 15.4. The fraction of sp³-hybridized carbons (Fsp3) is 0.333. The number of imidazole rings is 1. The summed E-state index contributed by atoms with van der Waals surface area (Å²) in [6.07, 6.45) is 1.32. The smallest absolute Gasteiger partial charge is 0.411 e. The monoisotopic (exact) mass is 233 g/mol. The molecule has 1 aromatic heterocycles. The van der Waals surface area contributed by atoms with Crippen LogP contribution in [-0.2, 0) is 4.74 Å². The van der Waals surface area contributed by atoms with Gasteiger partial charge in [-0.25, -0.2) is 9.78 Å². The number of hydrogen-bond donors (Lipinski definition) is 1. The Kier molecular flexibility index (Phi) is 2.99. The number of rotatable bonds is 2. The quantitative estimate of drug-likeness (QED) is 0.867. The van der Waals surface area contributed by atoms with E-state index in [-0.39, 0.29) is 0 Å². The van der Waals surface area contributed by atoms with Crippen LogP contribution in [0.3, 0.4) is 0 Å². The van der Waals surface area contributed by atoms with Crippen molar-refractivity contribution in [2.75, 3.05) is 12.4 Å². The second-order valence-corrected chi connectivity index (χ2v) is 4.07. The van der Waals surface area contributed by atoms with Gasteiger partial charge in [0.15, 0.2) is 0 Å². The van der Waals surface area contributed by atoms with E-state index >= 15 is 0 Å². The van der Waals surface area contributed by atoms with Crippen molar-refractivity contribution in [3.63, 3.8) is 0 Å². The summed E-state index contributed by atoms with van der Waals surface area (Å²) >= 11 is 0. The number of carbonyl (C=O) groups is 1. The lowest BCUT2D eigenvalue weighted by Gasteiger charge is -2.08. The molecule has 5 nitrogen and oxygen atoms in total. The van der Waals surface area contributed by atoms with Gasteiger partial charge in [0.1, 0.15) is 0 Å². The van der Waals surface area contributed by atoms with Gasteiger partial charge in [-0.15, -0.1) is 0 Å². The van der Waals surface area contributed by atoms with Crippen molar-refractivity contribution < 1.29 is 9.53 Å². The number of nitrogens with one attached hydrogen (secondary N) is 1. The van der Waals surface area contributed by atoms with Gasteiger partial charge in [0.25, 0.3) is 0 Å². The van der Waals surface area contributed by atoms with Crippen molar-refractivity contribution in [2.24, 2.45) is 0 Å². The lowest BCUT2D eigenvalue weighted by Crippen LogP contribution is -2.10. The average Bonchev–Trinajstić information content (AvgIpc) is 2.71. The maximum absolute atomic E-state index is 11.1. The molecule has 0 aliphatic rings. The first kappa shape index (κ1) is 11.4. The van der Waals surface area contributed by atoms with Gasteiger partial charge in [-0.2, -0.15) is 0 Å². The highest BCUT2D eigenvalue weighted by molar-refractivity contribution is 5.88. The number of hydrogen-bond acceptors (Lipinski definition) is 3. The number of carbonyl (C=O) groups excluding carboxylic acids is 1. The molecule has 2 aromatic rings. The molecule has 0 bridgehead atoms. The molecule has 0 unspecified atom stereocenters. The maximum atomic E-state index is 11.1. The van der Waals surface area contributed by atoms with E-state index in [1.165, 1.54) is 7.11 Å². The van der Waals surface area contributed by atoms with Crippen molar-refractivity contribution in [3.05, 3.63) is 24.5 Å². The fourth-order valence-electron chi connectivity index (χ4n) is 1.69. The van der Waals surface area contributed by atoms with Crippen LogP contribution in [0.5, 0.6) is 0 Å². The number of ether oxygens (including phenoxy) is 1. The number of anilines is 1. The summed E-state index contributed by atoms with van der Waals surface area (Å²) in [5.41, 5.74) is 2.58. The topological polar surface area (TPSA) is 56.1 Å². The molecular weight excluding hydrogens is 218 g/mol. The number of methoxy groups -OCH3 is 1. The Labute approximate surface area is 99.4 Å². The first-order valence-electron chi connectivity index (χ1n) is 5.43. The first-order chi connectivity index (χ1) is 8.11. The molecule has 0 spiro atoms. The van der Waals surface area contributed by atoms with Crippen LogP contribution >= 0.6 is 0 Å². The summed E-state index contributed by atoms with van der Waals surface area (Å²) in [5.74, 6) is 0. The van der Waals surface area contributed by atoms with Crippen molar-refractivity contribution in [1.82, 2.24) is 9.55 Å². The normalized spacial score (nSPS) is 10.8. The van der Waals surface area contributed by atoms with E-state index < -0.39 is 6.09 Å². The van der Waals surface area contributed by atoms with Crippen LogP contribution < -0.4 is 5.32 Å². The lowest BCUT2D eigenvalue weighted by atomic mass is 10.2. The largest absolute Gasteiger partial charge is 0.453 e. The SMILES string of the molecule is COC(=O)Nc1ccc2c(c1)ncn2C(C)C. The third-order valence-corrected chi connectivity index (χ3v) is 2.56. The summed E-state index contributed by atoms with van der Waals surface area (Å²) in [5, 5.41) is 2.61. The molecule has 1 aromatic carbocycles. The van der Waals surface area contributed by atoms with Gasteiger partial charge in [-0.3, -0.25) is 5.32 Å². The van der Waals surface area contributed by atoms with Crippen LogP contribution in [-0.4, -0.2) is 22.8 Å². The Morgan fingerprint density at radius 1 is 1.47 bits per heavy atom. The third-order valence-electron chi connectivity index (χ3n) is 2.56. The minimum absolute atomic E-state index is 0.361. The van der Waals surface area contributed by atoms with Crippen LogP contribution in [0.15, 0.2) is 24.5 Å². The summed E-state index contributed by atoms with van der Waals surface area (Å²) in [6, 6.07) is 5.96. The molecule has 1 amide bonds. The highest BCUT2D eigenvalue weighted by Crippen LogP contribution is 2.21. The number of fused-ring (bicyclic) bond motifs is 1. The number of amides is 1. The number of benzene rings is 1. The lowest BCUT2D eigenvalue weighted by molar-refractivity contribution is 0.187.